The minimum absolute atomic E-state index is 0.163. The van der Waals surface area contributed by atoms with Gasteiger partial charge < -0.3 is 4.74 Å². The number of sulfonamides is 1. The summed E-state index contributed by atoms with van der Waals surface area (Å²) in [6, 6.07) is 0. The Bertz CT molecular complexity index is 385. The van der Waals surface area contributed by atoms with Gasteiger partial charge in [0, 0.05) is 26.9 Å². The normalized spacial score (nSPS) is 11.9. The van der Waals surface area contributed by atoms with Gasteiger partial charge in [0.15, 0.2) is 0 Å². The number of ether oxygens (including phenoxy) is 1. The maximum atomic E-state index is 11.5. The molecule has 14 heavy (non-hydrogen) atoms. The Balaban J connectivity index is 2.66. The molecule has 7 heteroatoms. The van der Waals surface area contributed by atoms with Gasteiger partial charge in [-0.25, -0.2) is 13.1 Å². The Morgan fingerprint density at radius 2 is 2.36 bits per heavy atom. The van der Waals surface area contributed by atoms with Crippen molar-refractivity contribution in [3.8, 4) is 0 Å². The van der Waals surface area contributed by atoms with E-state index >= 15 is 0 Å². The van der Waals surface area contributed by atoms with E-state index < -0.39 is 10.0 Å². The molecule has 0 atom stereocenters. The van der Waals surface area contributed by atoms with Crippen molar-refractivity contribution in [2.75, 3.05) is 20.3 Å². The van der Waals surface area contributed by atoms with Gasteiger partial charge in [0.05, 0.1) is 12.8 Å². The highest BCUT2D eigenvalue weighted by Gasteiger charge is 2.14. The minimum atomic E-state index is -3.43. The molecule has 1 rings (SSSR count). The van der Waals surface area contributed by atoms with Crippen molar-refractivity contribution in [1.29, 1.82) is 0 Å². The third-order valence-corrected chi connectivity index (χ3v) is 3.01. The first-order valence-electron chi connectivity index (χ1n) is 4.03. The first kappa shape index (κ1) is 11.2. The lowest BCUT2D eigenvalue weighted by atomic mass is 10.7. The number of hydrogen-bond donors (Lipinski definition) is 1. The van der Waals surface area contributed by atoms with Crippen molar-refractivity contribution in [3.05, 3.63) is 12.4 Å². The predicted octanol–water partition coefficient (Wildman–Crippen LogP) is -0.655. The molecule has 0 fully saturated rings. The summed E-state index contributed by atoms with van der Waals surface area (Å²) in [5, 5.41) is 3.78. The molecular formula is C7H13N3O3S. The minimum Gasteiger partial charge on any atom is -0.383 e. The average molecular weight is 219 g/mol. The SMILES string of the molecule is COCCNS(=O)(=O)c1cnn(C)c1. The third kappa shape index (κ3) is 2.79. The van der Waals surface area contributed by atoms with Crippen LogP contribution in [0.15, 0.2) is 17.3 Å². The van der Waals surface area contributed by atoms with Gasteiger partial charge in [0.2, 0.25) is 10.0 Å². The van der Waals surface area contributed by atoms with Crippen molar-refractivity contribution in [1.82, 2.24) is 14.5 Å². The molecule has 1 heterocycles. The molecule has 0 radical (unpaired) electrons. The Morgan fingerprint density at radius 1 is 1.64 bits per heavy atom. The zero-order valence-corrected chi connectivity index (χ0v) is 8.91. The van der Waals surface area contributed by atoms with Crippen LogP contribution >= 0.6 is 0 Å². The van der Waals surface area contributed by atoms with Crippen LogP contribution in [-0.2, 0) is 21.8 Å². The number of aryl methyl sites for hydroxylation is 1. The van der Waals surface area contributed by atoms with Gasteiger partial charge in [0.25, 0.3) is 0 Å². The van der Waals surface area contributed by atoms with Crippen LogP contribution in [0.2, 0.25) is 0 Å². The summed E-state index contributed by atoms with van der Waals surface area (Å²) in [6.45, 7) is 0.604. The van der Waals surface area contributed by atoms with E-state index in [0.717, 1.165) is 0 Å². The van der Waals surface area contributed by atoms with Crippen LogP contribution in [0, 0.1) is 0 Å². The highest BCUT2D eigenvalue weighted by Crippen LogP contribution is 2.04. The van der Waals surface area contributed by atoms with E-state index in [0.29, 0.717) is 6.61 Å². The van der Waals surface area contributed by atoms with E-state index in [1.165, 1.54) is 24.2 Å². The van der Waals surface area contributed by atoms with Gasteiger partial charge in [-0.15, -0.1) is 0 Å². The molecule has 0 aliphatic heterocycles. The highest BCUT2D eigenvalue weighted by atomic mass is 32.2. The molecule has 0 spiro atoms. The van der Waals surface area contributed by atoms with Crippen molar-refractivity contribution < 1.29 is 13.2 Å². The molecule has 1 aromatic rings. The summed E-state index contributed by atoms with van der Waals surface area (Å²) in [5.41, 5.74) is 0. The Hall–Kier alpha value is -0.920. The fourth-order valence-corrected chi connectivity index (χ4v) is 1.89. The highest BCUT2D eigenvalue weighted by molar-refractivity contribution is 7.89. The van der Waals surface area contributed by atoms with Crippen LogP contribution in [0.5, 0.6) is 0 Å². The third-order valence-electron chi connectivity index (χ3n) is 1.59. The summed E-state index contributed by atoms with van der Waals surface area (Å²) in [7, 11) is -0.252. The first-order valence-corrected chi connectivity index (χ1v) is 5.52. The second-order valence-corrected chi connectivity index (χ2v) is 4.51. The smallest absolute Gasteiger partial charge is 0.243 e. The zero-order chi connectivity index (χ0) is 10.6. The molecule has 80 valence electrons. The van der Waals surface area contributed by atoms with E-state index in [-0.39, 0.29) is 11.4 Å². The van der Waals surface area contributed by atoms with Gasteiger partial charge in [-0.3, -0.25) is 4.68 Å². The predicted molar refractivity (Wildman–Crippen MR) is 50.3 cm³/mol. The van der Waals surface area contributed by atoms with Crippen molar-refractivity contribution >= 4 is 10.0 Å². The van der Waals surface area contributed by atoms with Crippen molar-refractivity contribution in [2.45, 2.75) is 4.90 Å². The number of rotatable bonds is 5. The van der Waals surface area contributed by atoms with E-state index in [1.807, 2.05) is 0 Å². The molecule has 1 aromatic heterocycles. The monoisotopic (exact) mass is 219 g/mol. The first-order chi connectivity index (χ1) is 6.56. The summed E-state index contributed by atoms with van der Waals surface area (Å²) in [4.78, 5) is 0.163. The van der Waals surface area contributed by atoms with E-state index in [9.17, 15) is 8.42 Å². The van der Waals surface area contributed by atoms with Crippen LogP contribution in [0.1, 0.15) is 0 Å². The van der Waals surface area contributed by atoms with Crippen LogP contribution in [0.3, 0.4) is 0 Å². The van der Waals surface area contributed by atoms with Crippen LogP contribution < -0.4 is 4.72 Å². The zero-order valence-electron chi connectivity index (χ0n) is 8.10. The topological polar surface area (TPSA) is 73.2 Å². The molecule has 0 unspecified atom stereocenters. The van der Waals surface area contributed by atoms with E-state index in [2.05, 4.69) is 9.82 Å². The lowest BCUT2D eigenvalue weighted by Crippen LogP contribution is -2.26. The fourth-order valence-electron chi connectivity index (χ4n) is 0.899. The van der Waals surface area contributed by atoms with Crippen LogP contribution in [0.4, 0.5) is 0 Å². The Labute approximate surface area is 82.9 Å². The lowest BCUT2D eigenvalue weighted by molar-refractivity contribution is 0.204. The van der Waals surface area contributed by atoms with Gasteiger partial charge in [-0.2, -0.15) is 5.10 Å². The summed E-state index contributed by atoms with van der Waals surface area (Å²) in [5.74, 6) is 0. The van der Waals surface area contributed by atoms with Crippen LogP contribution in [0.25, 0.3) is 0 Å². The second kappa shape index (κ2) is 4.54. The van der Waals surface area contributed by atoms with E-state index in [1.54, 1.807) is 7.05 Å². The Morgan fingerprint density at radius 3 is 2.86 bits per heavy atom. The van der Waals surface area contributed by atoms with Gasteiger partial charge in [-0.05, 0) is 0 Å². The van der Waals surface area contributed by atoms with Gasteiger partial charge >= 0.3 is 0 Å². The second-order valence-electron chi connectivity index (χ2n) is 2.74. The number of methoxy groups -OCH3 is 1. The molecule has 0 saturated heterocycles. The summed E-state index contributed by atoms with van der Waals surface area (Å²) in [6.07, 6.45) is 2.74. The summed E-state index contributed by atoms with van der Waals surface area (Å²) >= 11 is 0. The van der Waals surface area contributed by atoms with Gasteiger partial charge in [-0.1, -0.05) is 0 Å². The molecule has 1 N–H and O–H groups in total. The van der Waals surface area contributed by atoms with Crippen LogP contribution in [-0.4, -0.2) is 38.5 Å². The maximum Gasteiger partial charge on any atom is 0.243 e. The lowest BCUT2D eigenvalue weighted by Gasteiger charge is -2.02. The van der Waals surface area contributed by atoms with Crippen molar-refractivity contribution in [2.24, 2.45) is 7.05 Å². The average Bonchev–Trinajstić information content (AvgIpc) is 2.53. The quantitative estimate of drug-likeness (QED) is 0.667. The molecule has 0 saturated carbocycles. The molecule has 0 aromatic carbocycles. The molecule has 0 bridgehead atoms. The largest absolute Gasteiger partial charge is 0.383 e. The molecule has 6 nitrogen and oxygen atoms in total. The number of nitrogens with one attached hydrogen (secondary N) is 1. The van der Waals surface area contributed by atoms with Gasteiger partial charge in [0.1, 0.15) is 4.90 Å². The standard InChI is InChI=1S/C7H13N3O3S/c1-10-6-7(5-8-10)14(11,12)9-3-4-13-2/h5-6,9H,3-4H2,1-2H3. The maximum absolute atomic E-state index is 11.5. The number of aromatic nitrogens is 2. The Kier molecular flexibility index (Phi) is 3.62. The molecular weight excluding hydrogens is 206 g/mol. The number of nitrogens with zero attached hydrogens (tertiary/aromatic N) is 2. The molecule has 0 aliphatic rings. The van der Waals surface area contributed by atoms with Crippen molar-refractivity contribution in [3.63, 3.8) is 0 Å². The van der Waals surface area contributed by atoms with E-state index in [4.69, 9.17) is 4.74 Å². The number of hydrogen-bond acceptors (Lipinski definition) is 4. The molecule has 0 aliphatic carbocycles. The summed E-state index contributed by atoms with van der Waals surface area (Å²) < 4.78 is 31.6. The molecule has 0 amide bonds. The fraction of sp³-hybridized carbons (Fsp3) is 0.571.